The van der Waals surface area contributed by atoms with E-state index in [0.717, 1.165) is 10.8 Å². The molecule has 0 aromatic heterocycles. The van der Waals surface area contributed by atoms with Crippen molar-refractivity contribution in [2.24, 2.45) is 16.1 Å². The van der Waals surface area contributed by atoms with Crippen molar-refractivity contribution in [3.63, 3.8) is 0 Å². The Labute approximate surface area is 114 Å². The summed E-state index contributed by atoms with van der Waals surface area (Å²) in [6, 6.07) is 12.7. The van der Waals surface area contributed by atoms with Gasteiger partial charge in [0.2, 0.25) is 5.91 Å². The van der Waals surface area contributed by atoms with E-state index in [1.807, 2.05) is 36.4 Å². The average molecular weight is 265 g/mol. The van der Waals surface area contributed by atoms with Crippen molar-refractivity contribution in [2.45, 2.75) is 6.04 Å². The van der Waals surface area contributed by atoms with E-state index in [1.54, 1.807) is 6.07 Å². The predicted octanol–water partition coefficient (Wildman–Crippen LogP) is 2.16. The molecule has 0 unspecified atom stereocenters. The zero-order valence-electron chi connectivity index (χ0n) is 10.6. The first-order valence-corrected chi connectivity index (χ1v) is 6.49. The molecule has 1 fully saturated rings. The third-order valence-electron chi connectivity index (χ3n) is 3.88. The normalized spacial score (nSPS) is 24.7. The van der Waals surface area contributed by atoms with E-state index >= 15 is 0 Å². The fourth-order valence-corrected chi connectivity index (χ4v) is 2.89. The first kappa shape index (κ1) is 11.3. The van der Waals surface area contributed by atoms with Crippen LogP contribution in [0.2, 0.25) is 0 Å². The highest BCUT2D eigenvalue weighted by molar-refractivity contribution is 6.26. The van der Waals surface area contributed by atoms with Crippen molar-refractivity contribution in [3.05, 3.63) is 42.5 Å². The molecule has 1 saturated heterocycles. The maximum absolute atomic E-state index is 12.4. The maximum Gasteiger partial charge on any atom is 0.261 e. The van der Waals surface area contributed by atoms with E-state index < -0.39 is 12.0 Å². The van der Waals surface area contributed by atoms with Crippen LogP contribution in [0, 0.1) is 5.92 Å². The summed E-state index contributed by atoms with van der Waals surface area (Å²) in [5.74, 6) is -0.875. The van der Waals surface area contributed by atoms with Gasteiger partial charge in [-0.25, -0.2) is 4.90 Å². The molecule has 0 aliphatic carbocycles. The summed E-state index contributed by atoms with van der Waals surface area (Å²) in [5.41, 5.74) is 0.641. The molecule has 0 N–H and O–H groups in total. The summed E-state index contributed by atoms with van der Waals surface area (Å²) in [6.45, 7) is 0.316. The Balaban J connectivity index is 1.90. The van der Waals surface area contributed by atoms with Crippen LogP contribution in [0.5, 0.6) is 0 Å². The van der Waals surface area contributed by atoms with Gasteiger partial charge in [0.25, 0.3) is 5.91 Å². The van der Waals surface area contributed by atoms with Crippen LogP contribution in [-0.2, 0) is 9.59 Å². The summed E-state index contributed by atoms with van der Waals surface area (Å²) < 4.78 is 0. The van der Waals surface area contributed by atoms with Crippen molar-refractivity contribution in [1.29, 1.82) is 0 Å². The van der Waals surface area contributed by atoms with Gasteiger partial charge in [-0.05, 0) is 11.5 Å². The van der Waals surface area contributed by atoms with Crippen LogP contribution in [0.25, 0.3) is 10.8 Å². The first-order valence-electron chi connectivity index (χ1n) is 6.49. The minimum atomic E-state index is -0.624. The van der Waals surface area contributed by atoms with Crippen molar-refractivity contribution in [1.82, 2.24) is 0 Å². The van der Waals surface area contributed by atoms with Gasteiger partial charge in [0.1, 0.15) is 0 Å². The van der Waals surface area contributed by atoms with Crippen molar-refractivity contribution in [2.75, 3.05) is 11.4 Å². The molecule has 98 valence electrons. The predicted molar refractivity (Wildman–Crippen MR) is 73.4 cm³/mol. The second-order valence-electron chi connectivity index (χ2n) is 5.00. The highest BCUT2D eigenvalue weighted by Crippen LogP contribution is 2.35. The molecule has 0 saturated carbocycles. The van der Waals surface area contributed by atoms with E-state index in [1.165, 1.54) is 4.90 Å². The molecule has 5 nitrogen and oxygen atoms in total. The van der Waals surface area contributed by atoms with Gasteiger partial charge in [-0.15, -0.1) is 0 Å². The molecule has 0 bridgehead atoms. The third kappa shape index (κ3) is 1.37. The molecule has 0 spiro atoms. The third-order valence-corrected chi connectivity index (χ3v) is 3.88. The van der Waals surface area contributed by atoms with Crippen LogP contribution >= 0.6 is 0 Å². The molecule has 2 heterocycles. The summed E-state index contributed by atoms with van der Waals surface area (Å²) in [7, 11) is 0. The summed E-state index contributed by atoms with van der Waals surface area (Å²) >= 11 is 0. The lowest BCUT2D eigenvalue weighted by Gasteiger charge is -2.17. The molecule has 0 radical (unpaired) electrons. The molecule has 5 heteroatoms. The lowest BCUT2D eigenvalue weighted by atomic mass is 10.1. The summed E-state index contributed by atoms with van der Waals surface area (Å²) in [4.78, 5) is 26.1. The van der Waals surface area contributed by atoms with E-state index in [-0.39, 0.29) is 11.8 Å². The van der Waals surface area contributed by atoms with Crippen LogP contribution in [0.1, 0.15) is 0 Å². The maximum atomic E-state index is 12.4. The molecule has 2 aliphatic rings. The standard InChI is InChI=1S/C15H11N3O2/c19-14-11-8-16-17-13(11)15(20)18(14)12-7-3-5-9-4-1-2-6-10(9)12/h1-7,11,13H,8H2/t11-,13-/m1/s1. The minimum Gasteiger partial charge on any atom is -0.274 e. The number of carbonyl (C=O) groups excluding carboxylic acids is 2. The first-order chi connectivity index (χ1) is 9.77. The molecule has 2 atom stereocenters. The summed E-state index contributed by atoms with van der Waals surface area (Å²) in [6.07, 6.45) is 0. The summed E-state index contributed by atoms with van der Waals surface area (Å²) in [5, 5.41) is 9.61. The van der Waals surface area contributed by atoms with Gasteiger partial charge >= 0.3 is 0 Å². The number of imide groups is 1. The fourth-order valence-electron chi connectivity index (χ4n) is 2.89. The molecule has 2 aliphatic heterocycles. The SMILES string of the molecule is O=C1[C@@H]2CN=N[C@H]2C(=O)N1c1cccc2ccccc12. The number of fused-ring (bicyclic) bond motifs is 2. The van der Waals surface area contributed by atoms with E-state index in [0.29, 0.717) is 12.2 Å². The van der Waals surface area contributed by atoms with Crippen LogP contribution in [0.15, 0.2) is 52.7 Å². The number of amides is 2. The Kier molecular flexibility index (Phi) is 2.24. The zero-order valence-corrected chi connectivity index (χ0v) is 10.6. The van der Waals surface area contributed by atoms with Gasteiger partial charge in [0.05, 0.1) is 18.2 Å². The molecule has 2 aromatic carbocycles. The average Bonchev–Trinajstić information content (AvgIpc) is 3.04. The van der Waals surface area contributed by atoms with Crippen LogP contribution in [-0.4, -0.2) is 24.4 Å². The van der Waals surface area contributed by atoms with Gasteiger partial charge in [0.15, 0.2) is 6.04 Å². The minimum absolute atomic E-state index is 0.193. The van der Waals surface area contributed by atoms with Crippen molar-refractivity contribution < 1.29 is 9.59 Å². The van der Waals surface area contributed by atoms with E-state index in [4.69, 9.17) is 0 Å². The molecule has 20 heavy (non-hydrogen) atoms. The van der Waals surface area contributed by atoms with E-state index in [2.05, 4.69) is 10.2 Å². The quantitative estimate of drug-likeness (QED) is 0.742. The molecular weight excluding hydrogens is 254 g/mol. The number of azo groups is 1. The smallest absolute Gasteiger partial charge is 0.261 e. The van der Waals surface area contributed by atoms with Crippen LogP contribution in [0.4, 0.5) is 5.69 Å². The van der Waals surface area contributed by atoms with Crippen molar-refractivity contribution >= 4 is 28.3 Å². The van der Waals surface area contributed by atoms with Crippen molar-refractivity contribution in [3.8, 4) is 0 Å². The number of hydrogen-bond donors (Lipinski definition) is 0. The zero-order chi connectivity index (χ0) is 13.7. The monoisotopic (exact) mass is 265 g/mol. The highest BCUT2D eigenvalue weighted by atomic mass is 16.2. The van der Waals surface area contributed by atoms with Gasteiger partial charge in [-0.1, -0.05) is 36.4 Å². The van der Waals surface area contributed by atoms with Crippen LogP contribution in [0.3, 0.4) is 0 Å². The lowest BCUT2D eigenvalue weighted by Crippen LogP contribution is -2.32. The van der Waals surface area contributed by atoms with Gasteiger partial charge in [-0.2, -0.15) is 10.2 Å². The second-order valence-corrected chi connectivity index (χ2v) is 5.00. The molecule has 2 amide bonds. The topological polar surface area (TPSA) is 62.1 Å². The van der Waals surface area contributed by atoms with Crippen LogP contribution < -0.4 is 4.90 Å². The largest absolute Gasteiger partial charge is 0.274 e. The second kappa shape index (κ2) is 3.96. The Morgan fingerprint density at radius 3 is 2.65 bits per heavy atom. The Morgan fingerprint density at radius 1 is 1.00 bits per heavy atom. The molecule has 4 rings (SSSR count). The Bertz CT molecular complexity index is 763. The van der Waals surface area contributed by atoms with Gasteiger partial charge in [-0.3, -0.25) is 9.59 Å². The molecule has 2 aromatic rings. The van der Waals surface area contributed by atoms with E-state index in [9.17, 15) is 9.59 Å². The van der Waals surface area contributed by atoms with Gasteiger partial charge in [0, 0.05) is 5.39 Å². The number of anilines is 1. The molecular formula is C15H11N3O2. The lowest BCUT2D eigenvalue weighted by molar-refractivity contribution is -0.122. The van der Waals surface area contributed by atoms with Gasteiger partial charge < -0.3 is 0 Å². The fraction of sp³-hybridized carbons (Fsp3) is 0.200. The highest BCUT2D eigenvalue weighted by Gasteiger charge is 2.51. The number of rotatable bonds is 1. The Morgan fingerprint density at radius 2 is 1.80 bits per heavy atom. The number of hydrogen-bond acceptors (Lipinski definition) is 4. The number of benzene rings is 2. The Hall–Kier alpha value is -2.56. The number of nitrogens with zero attached hydrogens (tertiary/aromatic N) is 3. The number of carbonyl (C=O) groups is 2.